The summed E-state index contributed by atoms with van der Waals surface area (Å²) in [6.45, 7) is 4.23. The molecular weight excluding hydrogens is 266 g/mol. The van der Waals surface area contributed by atoms with Crippen LogP contribution < -0.4 is 5.32 Å². The molecule has 102 valence electrons. The molecule has 1 N–H and O–H groups in total. The summed E-state index contributed by atoms with van der Waals surface area (Å²) in [6.07, 6.45) is 2.10. The van der Waals surface area contributed by atoms with Gasteiger partial charge in [-0.2, -0.15) is 10.2 Å². The zero-order chi connectivity index (χ0) is 14.0. The van der Waals surface area contributed by atoms with E-state index < -0.39 is 0 Å². The molecule has 2 heterocycles. The molecule has 0 aliphatic rings. The Morgan fingerprint density at radius 2 is 2.16 bits per heavy atom. The lowest BCUT2D eigenvalue weighted by atomic mass is 10.3. The fourth-order valence-corrected chi connectivity index (χ4v) is 1.92. The molecule has 0 unspecified atom stereocenters. The van der Waals surface area contributed by atoms with Gasteiger partial charge in [0, 0.05) is 25.7 Å². The topological polar surface area (TPSA) is 64.7 Å². The van der Waals surface area contributed by atoms with Gasteiger partial charge in [-0.1, -0.05) is 11.6 Å². The predicted octanol–water partition coefficient (Wildman–Crippen LogP) is 1.92. The van der Waals surface area contributed by atoms with Crippen LogP contribution in [0.4, 0.5) is 5.82 Å². The molecule has 0 aliphatic heterocycles. The molecule has 0 bridgehead atoms. The molecule has 2 aromatic heterocycles. The van der Waals surface area contributed by atoms with Gasteiger partial charge < -0.3 is 5.32 Å². The van der Waals surface area contributed by atoms with E-state index in [1.165, 1.54) is 0 Å². The van der Waals surface area contributed by atoms with Gasteiger partial charge in [-0.05, 0) is 13.8 Å². The Labute approximate surface area is 116 Å². The van der Waals surface area contributed by atoms with Crippen molar-refractivity contribution in [3.63, 3.8) is 0 Å². The third kappa shape index (κ3) is 3.14. The van der Waals surface area contributed by atoms with Crippen LogP contribution >= 0.6 is 11.6 Å². The minimum atomic E-state index is -0.0950. The molecule has 2 aromatic rings. The lowest BCUT2D eigenvalue weighted by Gasteiger charge is -2.04. The van der Waals surface area contributed by atoms with E-state index in [4.69, 9.17) is 11.6 Å². The number of carbonyl (C=O) groups is 1. The zero-order valence-electron chi connectivity index (χ0n) is 11.1. The van der Waals surface area contributed by atoms with Crippen molar-refractivity contribution in [2.24, 2.45) is 7.05 Å². The number of nitrogens with zero attached hydrogens (tertiary/aromatic N) is 4. The van der Waals surface area contributed by atoms with Gasteiger partial charge in [0.1, 0.15) is 0 Å². The number of aromatic nitrogens is 4. The third-order valence-corrected chi connectivity index (χ3v) is 3.37. The molecule has 0 aromatic carbocycles. The number of nitrogens with one attached hydrogen (secondary N) is 1. The average Bonchev–Trinajstić information content (AvgIpc) is 2.86. The second-order valence-electron chi connectivity index (χ2n) is 4.38. The molecule has 0 aliphatic carbocycles. The van der Waals surface area contributed by atoms with Crippen molar-refractivity contribution in [2.45, 2.75) is 26.8 Å². The first-order valence-electron chi connectivity index (χ1n) is 5.96. The van der Waals surface area contributed by atoms with E-state index in [0.29, 0.717) is 23.8 Å². The molecule has 6 nitrogen and oxygen atoms in total. The van der Waals surface area contributed by atoms with Crippen molar-refractivity contribution in [2.75, 3.05) is 5.32 Å². The number of aryl methyl sites for hydroxylation is 3. The first-order chi connectivity index (χ1) is 8.97. The normalized spacial score (nSPS) is 10.7. The quantitative estimate of drug-likeness (QED) is 0.931. The Morgan fingerprint density at radius 1 is 1.42 bits per heavy atom. The van der Waals surface area contributed by atoms with Crippen molar-refractivity contribution in [1.29, 1.82) is 0 Å². The minimum absolute atomic E-state index is 0.0950. The minimum Gasteiger partial charge on any atom is -0.309 e. The molecule has 0 saturated heterocycles. The maximum absolute atomic E-state index is 11.8. The van der Waals surface area contributed by atoms with E-state index in [0.717, 1.165) is 11.4 Å². The number of anilines is 1. The summed E-state index contributed by atoms with van der Waals surface area (Å²) >= 11 is 6.05. The van der Waals surface area contributed by atoms with Crippen molar-refractivity contribution in [3.05, 3.63) is 28.7 Å². The van der Waals surface area contributed by atoms with Crippen LogP contribution in [0, 0.1) is 13.8 Å². The van der Waals surface area contributed by atoms with Gasteiger partial charge in [0.2, 0.25) is 5.91 Å². The van der Waals surface area contributed by atoms with Crippen LogP contribution in [0.1, 0.15) is 17.8 Å². The van der Waals surface area contributed by atoms with E-state index in [-0.39, 0.29) is 5.91 Å². The maximum atomic E-state index is 11.8. The number of carbonyl (C=O) groups excluding carboxylic acids is 1. The van der Waals surface area contributed by atoms with E-state index >= 15 is 0 Å². The second-order valence-corrected chi connectivity index (χ2v) is 4.76. The summed E-state index contributed by atoms with van der Waals surface area (Å²) in [5.74, 6) is 0.460. The van der Waals surface area contributed by atoms with Crippen LogP contribution in [0.2, 0.25) is 5.02 Å². The van der Waals surface area contributed by atoms with Crippen molar-refractivity contribution >= 4 is 23.3 Å². The van der Waals surface area contributed by atoms with Gasteiger partial charge in [0.15, 0.2) is 5.82 Å². The van der Waals surface area contributed by atoms with Crippen LogP contribution in [-0.4, -0.2) is 25.5 Å². The molecular formula is C12H16ClN5O. The SMILES string of the molecule is Cc1nn(CCC(=O)Nc2ccn(C)n2)c(C)c1Cl. The Bertz CT molecular complexity index is 601. The summed E-state index contributed by atoms with van der Waals surface area (Å²) < 4.78 is 3.38. The van der Waals surface area contributed by atoms with E-state index in [9.17, 15) is 4.79 Å². The van der Waals surface area contributed by atoms with E-state index in [1.54, 1.807) is 28.7 Å². The molecule has 0 fully saturated rings. The van der Waals surface area contributed by atoms with E-state index in [1.807, 2.05) is 13.8 Å². The number of amides is 1. The Morgan fingerprint density at radius 3 is 2.68 bits per heavy atom. The lowest BCUT2D eigenvalue weighted by Crippen LogP contribution is -2.16. The number of rotatable bonds is 4. The van der Waals surface area contributed by atoms with Crippen molar-refractivity contribution < 1.29 is 4.79 Å². The summed E-state index contributed by atoms with van der Waals surface area (Å²) in [4.78, 5) is 11.8. The highest BCUT2D eigenvalue weighted by Crippen LogP contribution is 2.19. The second kappa shape index (κ2) is 5.44. The maximum Gasteiger partial charge on any atom is 0.227 e. The molecule has 0 spiro atoms. The Hall–Kier alpha value is -1.82. The molecule has 0 saturated carbocycles. The summed E-state index contributed by atoms with van der Waals surface area (Å²) in [7, 11) is 1.80. The molecule has 2 rings (SSSR count). The first kappa shape index (κ1) is 13.6. The number of halogens is 1. The van der Waals surface area contributed by atoms with Crippen molar-refractivity contribution in [3.8, 4) is 0 Å². The summed E-state index contributed by atoms with van der Waals surface area (Å²) in [5.41, 5.74) is 1.66. The van der Waals surface area contributed by atoms with Crippen LogP contribution in [0.3, 0.4) is 0 Å². The lowest BCUT2D eigenvalue weighted by molar-refractivity contribution is -0.116. The van der Waals surface area contributed by atoms with Gasteiger partial charge in [0.05, 0.1) is 23.0 Å². The number of hydrogen-bond donors (Lipinski definition) is 1. The van der Waals surface area contributed by atoms with Crippen LogP contribution in [0.25, 0.3) is 0 Å². The molecule has 7 heteroatoms. The van der Waals surface area contributed by atoms with E-state index in [2.05, 4.69) is 15.5 Å². The van der Waals surface area contributed by atoms with Crippen LogP contribution in [0.5, 0.6) is 0 Å². The Balaban J connectivity index is 1.91. The average molecular weight is 282 g/mol. The van der Waals surface area contributed by atoms with Crippen molar-refractivity contribution in [1.82, 2.24) is 19.6 Å². The zero-order valence-corrected chi connectivity index (χ0v) is 11.9. The van der Waals surface area contributed by atoms with Gasteiger partial charge in [-0.3, -0.25) is 14.2 Å². The highest BCUT2D eigenvalue weighted by Gasteiger charge is 2.11. The van der Waals surface area contributed by atoms with Gasteiger partial charge in [-0.25, -0.2) is 0 Å². The van der Waals surface area contributed by atoms with Gasteiger partial charge >= 0.3 is 0 Å². The van der Waals surface area contributed by atoms with Crippen LogP contribution in [0.15, 0.2) is 12.3 Å². The Kier molecular flexibility index (Phi) is 3.90. The van der Waals surface area contributed by atoms with Crippen LogP contribution in [-0.2, 0) is 18.4 Å². The summed E-state index contributed by atoms with van der Waals surface area (Å²) in [5, 5.41) is 11.7. The first-order valence-corrected chi connectivity index (χ1v) is 6.34. The predicted molar refractivity (Wildman–Crippen MR) is 73.2 cm³/mol. The summed E-state index contributed by atoms with van der Waals surface area (Å²) in [6, 6.07) is 1.75. The smallest absolute Gasteiger partial charge is 0.227 e. The van der Waals surface area contributed by atoms with Gasteiger partial charge in [0.25, 0.3) is 0 Å². The monoisotopic (exact) mass is 281 g/mol. The fourth-order valence-electron chi connectivity index (χ4n) is 1.79. The molecule has 1 amide bonds. The highest BCUT2D eigenvalue weighted by atomic mass is 35.5. The molecule has 0 radical (unpaired) electrons. The molecule has 19 heavy (non-hydrogen) atoms. The standard InChI is InChI=1S/C12H16ClN5O/c1-8-12(13)9(2)18(15-8)7-5-11(19)14-10-4-6-17(3)16-10/h4,6H,5,7H2,1-3H3,(H,14,16,19). The fraction of sp³-hybridized carbons (Fsp3) is 0.417. The number of hydrogen-bond acceptors (Lipinski definition) is 3. The van der Waals surface area contributed by atoms with Gasteiger partial charge in [-0.15, -0.1) is 0 Å². The third-order valence-electron chi connectivity index (χ3n) is 2.82. The molecule has 0 atom stereocenters. The highest BCUT2D eigenvalue weighted by molar-refractivity contribution is 6.31. The largest absolute Gasteiger partial charge is 0.309 e.